The first-order chi connectivity index (χ1) is 9.08. The van der Waals surface area contributed by atoms with Gasteiger partial charge in [-0.05, 0) is 0 Å². The number of nitrogens with one attached hydrogen (secondary N) is 2. The molecule has 2 rings (SSSR count). The molecule has 114 valence electrons. The molecule has 0 aliphatic carbocycles. The Labute approximate surface area is 124 Å². The molecule has 8 heteroatoms. The van der Waals surface area contributed by atoms with E-state index >= 15 is 0 Å². The maximum absolute atomic E-state index is 12.1. The fraction of sp³-hybridized carbons (Fsp3) is 0.750. The van der Waals surface area contributed by atoms with Crippen LogP contribution in [-0.2, 0) is 14.4 Å². The molecule has 2 N–H and O–H groups in total. The van der Waals surface area contributed by atoms with Gasteiger partial charge in [0.15, 0.2) is 0 Å². The van der Waals surface area contributed by atoms with E-state index < -0.39 is 0 Å². The zero-order valence-corrected chi connectivity index (χ0v) is 12.4. The van der Waals surface area contributed by atoms with Crippen LogP contribution in [0.1, 0.15) is 6.42 Å². The van der Waals surface area contributed by atoms with Crippen LogP contribution in [0.5, 0.6) is 0 Å². The molecule has 2 saturated heterocycles. The maximum Gasteiger partial charge on any atom is 0.242 e. The monoisotopic (exact) mass is 304 g/mol. The van der Waals surface area contributed by atoms with Crippen LogP contribution in [0.25, 0.3) is 0 Å². The van der Waals surface area contributed by atoms with Crippen molar-refractivity contribution >= 4 is 30.1 Å². The highest BCUT2D eigenvalue weighted by molar-refractivity contribution is 5.91. The van der Waals surface area contributed by atoms with Gasteiger partial charge >= 0.3 is 0 Å². The summed E-state index contributed by atoms with van der Waals surface area (Å²) < 4.78 is 0. The third kappa shape index (κ3) is 4.08. The fourth-order valence-corrected chi connectivity index (χ4v) is 2.39. The van der Waals surface area contributed by atoms with Crippen LogP contribution in [0.15, 0.2) is 0 Å². The van der Waals surface area contributed by atoms with Gasteiger partial charge in [-0.1, -0.05) is 0 Å². The number of piperazine rings is 1. The Morgan fingerprint density at radius 2 is 2.00 bits per heavy atom. The lowest BCUT2D eigenvalue weighted by molar-refractivity contribution is -0.141. The fourth-order valence-electron chi connectivity index (χ4n) is 2.39. The number of nitrogens with zero attached hydrogens (tertiary/aromatic N) is 2. The number of hydrogen-bond acceptors (Lipinski definition) is 4. The van der Waals surface area contributed by atoms with Crippen molar-refractivity contribution in [3.63, 3.8) is 0 Å². The number of halogens is 1. The summed E-state index contributed by atoms with van der Waals surface area (Å²) >= 11 is 0. The highest BCUT2D eigenvalue weighted by Gasteiger charge is 2.31. The predicted octanol–water partition coefficient (Wildman–Crippen LogP) is -1.57. The van der Waals surface area contributed by atoms with E-state index in [-0.39, 0.29) is 49.0 Å². The quantitative estimate of drug-likeness (QED) is 0.660. The van der Waals surface area contributed by atoms with Gasteiger partial charge in [0.25, 0.3) is 0 Å². The lowest BCUT2D eigenvalue weighted by atomic mass is 10.1. The van der Waals surface area contributed by atoms with E-state index in [0.717, 1.165) is 13.1 Å². The molecular formula is C12H21ClN4O3. The molecule has 2 fully saturated rings. The average molecular weight is 305 g/mol. The Morgan fingerprint density at radius 3 is 2.55 bits per heavy atom. The third-order valence-corrected chi connectivity index (χ3v) is 3.55. The molecule has 3 amide bonds. The minimum Gasteiger partial charge on any atom is -0.355 e. The lowest BCUT2D eigenvalue weighted by Gasteiger charge is -2.29. The minimum atomic E-state index is -0.326. The van der Waals surface area contributed by atoms with Crippen LogP contribution in [0, 0.1) is 5.92 Å². The number of carbonyl (C=O) groups is 3. The van der Waals surface area contributed by atoms with Gasteiger partial charge in [-0.25, -0.2) is 0 Å². The van der Waals surface area contributed by atoms with Crippen molar-refractivity contribution in [3.8, 4) is 0 Å². The average Bonchev–Trinajstić information content (AvgIpc) is 2.85. The van der Waals surface area contributed by atoms with Crippen LogP contribution in [0.4, 0.5) is 0 Å². The maximum atomic E-state index is 12.1. The minimum absolute atomic E-state index is 0. The summed E-state index contributed by atoms with van der Waals surface area (Å²) in [5, 5.41) is 5.81. The molecule has 2 aliphatic rings. The van der Waals surface area contributed by atoms with Gasteiger partial charge in [0.2, 0.25) is 17.7 Å². The second-order valence-electron chi connectivity index (χ2n) is 5.03. The van der Waals surface area contributed by atoms with Gasteiger partial charge < -0.3 is 20.4 Å². The van der Waals surface area contributed by atoms with E-state index in [1.807, 2.05) is 0 Å². The van der Waals surface area contributed by atoms with E-state index in [1.54, 1.807) is 11.9 Å². The zero-order valence-electron chi connectivity index (χ0n) is 11.6. The van der Waals surface area contributed by atoms with Gasteiger partial charge in [-0.2, -0.15) is 0 Å². The van der Waals surface area contributed by atoms with Crippen LogP contribution in [-0.4, -0.2) is 73.8 Å². The predicted molar refractivity (Wildman–Crippen MR) is 75.5 cm³/mol. The number of rotatable bonds is 3. The summed E-state index contributed by atoms with van der Waals surface area (Å²) in [6.07, 6.45) is 0.227. The molecule has 20 heavy (non-hydrogen) atoms. The lowest BCUT2D eigenvalue weighted by Crippen LogP contribution is -2.50. The summed E-state index contributed by atoms with van der Waals surface area (Å²) in [6, 6.07) is 0. The second kappa shape index (κ2) is 7.44. The van der Waals surface area contributed by atoms with Crippen molar-refractivity contribution in [2.24, 2.45) is 5.92 Å². The number of carbonyl (C=O) groups excluding carboxylic acids is 3. The van der Waals surface area contributed by atoms with Crippen molar-refractivity contribution in [1.82, 2.24) is 20.4 Å². The largest absolute Gasteiger partial charge is 0.355 e. The Hall–Kier alpha value is -1.34. The molecule has 0 bridgehead atoms. The van der Waals surface area contributed by atoms with E-state index in [1.165, 1.54) is 4.90 Å². The molecular weight excluding hydrogens is 284 g/mol. The van der Waals surface area contributed by atoms with Crippen molar-refractivity contribution in [1.29, 1.82) is 0 Å². The third-order valence-electron chi connectivity index (χ3n) is 3.55. The molecule has 7 nitrogen and oxygen atoms in total. The molecule has 1 atom stereocenters. The SMILES string of the molecule is CN(CC(=O)N1CCNCC1)C(=O)C1CNC(=O)C1.Cl. The van der Waals surface area contributed by atoms with Gasteiger partial charge in [-0.3, -0.25) is 14.4 Å². The Kier molecular flexibility index (Phi) is 6.22. The van der Waals surface area contributed by atoms with Gasteiger partial charge in [0, 0.05) is 46.2 Å². The standard InChI is InChI=1S/C12H20N4O3.ClH/c1-15(12(19)9-6-10(17)14-7-9)8-11(18)16-4-2-13-3-5-16;/h9,13H,2-8H2,1H3,(H,14,17);1H. The van der Waals surface area contributed by atoms with E-state index in [9.17, 15) is 14.4 Å². The molecule has 2 heterocycles. The molecule has 0 radical (unpaired) electrons. The first kappa shape index (κ1) is 16.7. The summed E-state index contributed by atoms with van der Waals surface area (Å²) in [4.78, 5) is 38.3. The van der Waals surface area contributed by atoms with Crippen molar-refractivity contribution in [2.75, 3.05) is 46.3 Å². The highest BCUT2D eigenvalue weighted by atomic mass is 35.5. The summed E-state index contributed by atoms with van der Waals surface area (Å²) in [5.41, 5.74) is 0. The van der Waals surface area contributed by atoms with Gasteiger partial charge in [-0.15, -0.1) is 12.4 Å². The molecule has 2 aliphatic heterocycles. The van der Waals surface area contributed by atoms with Gasteiger partial charge in [0.05, 0.1) is 12.5 Å². The molecule has 1 unspecified atom stereocenters. The Bertz CT molecular complexity index is 385. The smallest absolute Gasteiger partial charge is 0.242 e. The van der Waals surface area contributed by atoms with E-state index in [0.29, 0.717) is 19.6 Å². The number of likely N-dealkylation sites (N-methyl/N-ethyl adjacent to an activating group) is 1. The molecule has 0 saturated carbocycles. The zero-order chi connectivity index (χ0) is 13.8. The molecule has 0 aromatic rings. The van der Waals surface area contributed by atoms with E-state index in [4.69, 9.17) is 0 Å². The topological polar surface area (TPSA) is 81.8 Å². The summed E-state index contributed by atoms with van der Waals surface area (Å²) in [5.74, 6) is -0.593. The first-order valence-electron chi connectivity index (χ1n) is 6.58. The molecule has 0 spiro atoms. The molecule has 0 aromatic heterocycles. The second-order valence-corrected chi connectivity index (χ2v) is 5.03. The van der Waals surface area contributed by atoms with E-state index in [2.05, 4.69) is 10.6 Å². The van der Waals surface area contributed by atoms with Crippen molar-refractivity contribution in [3.05, 3.63) is 0 Å². The Balaban J connectivity index is 0.00000200. The van der Waals surface area contributed by atoms with Crippen molar-refractivity contribution < 1.29 is 14.4 Å². The summed E-state index contributed by atoms with van der Waals surface area (Å²) in [6.45, 7) is 3.43. The number of amides is 3. The van der Waals surface area contributed by atoms with Crippen LogP contribution >= 0.6 is 12.4 Å². The highest BCUT2D eigenvalue weighted by Crippen LogP contribution is 2.12. The van der Waals surface area contributed by atoms with Crippen LogP contribution in [0.2, 0.25) is 0 Å². The van der Waals surface area contributed by atoms with Gasteiger partial charge in [0.1, 0.15) is 0 Å². The Morgan fingerprint density at radius 1 is 1.35 bits per heavy atom. The number of hydrogen-bond donors (Lipinski definition) is 2. The summed E-state index contributed by atoms with van der Waals surface area (Å²) in [7, 11) is 1.62. The molecule has 0 aromatic carbocycles. The first-order valence-corrected chi connectivity index (χ1v) is 6.58. The van der Waals surface area contributed by atoms with Crippen LogP contribution in [0.3, 0.4) is 0 Å². The van der Waals surface area contributed by atoms with Crippen molar-refractivity contribution in [2.45, 2.75) is 6.42 Å². The normalized spacial score (nSPS) is 21.9. The van der Waals surface area contributed by atoms with Crippen LogP contribution < -0.4 is 10.6 Å².